The molecule has 6 heteroatoms. The van der Waals surface area contributed by atoms with Crippen molar-refractivity contribution in [2.45, 2.75) is 13.1 Å². The van der Waals surface area contributed by atoms with Crippen molar-refractivity contribution in [2.75, 3.05) is 6.54 Å². The van der Waals surface area contributed by atoms with Gasteiger partial charge in [0, 0.05) is 32.5 Å². The number of aromatic nitrogens is 5. The molecule has 0 aliphatic rings. The lowest BCUT2D eigenvalue weighted by molar-refractivity contribution is 0.535. The molecule has 0 atom stereocenters. The first-order valence-electron chi connectivity index (χ1n) is 4.88. The predicted molar refractivity (Wildman–Crippen MR) is 54.9 cm³/mol. The van der Waals surface area contributed by atoms with Gasteiger partial charge in [-0.1, -0.05) is 5.21 Å². The van der Waals surface area contributed by atoms with Gasteiger partial charge in [-0.15, -0.1) is 5.10 Å². The average molecular weight is 206 g/mol. The number of nitrogens with zero attached hydrogens (tertiary/aromatic N) is 5. The van der Waals surface area contributed by atoms with E-state index in [0.717, 1.165) is 25.3 Å². The summed E-state index contributed by atoms with van der Waals surface area (Å²) in [5.74, 6) is 0. The van der Waals surface area contributed by atoms with Crippen molar-refractivity contribution in [3.8, 4) is 0 Å². The monoisotopic (exact) mass is 206 g/mol. The first kappa shape index (κ1) is 9.85. The zero-order valence-corrected chi connectivity index (χ0v) is 8.67. The maximum Gasteiger partial charge on any atom is 0.0762 e. The van der Waals surface area contributed by atoms with Crippen LogP contribution in [-0.4, -0.2) is 31.3 Å². The second kappa shape index (κ2) is 4.70. The minimum atomic E-state index is 0.787. The van der Waals surface area contributed by atoms with Crippen LogP contribution in [0.2, 0.25) is 0 Å². The second-order valence-electron chi connectivity index (χ2n) is 3.32. The number of hydrogen-bond acceptors (Lipinski definition) is 4. The van der Waals surface area contributed by atoms with Crippen molar-refractivity contribution < 1.29 is 0 Å². The van der Waals surface area contributed by atoms with Gasteiger partial charge in [-0.25, -0.2) is 0 Å². The molecule has 0 spiro atoms. The molecule has 1 N–H and O–H groups in total. The van der Waals surface area contributed by atoms with E-state index in [1.165, 1.54) is 0 Å². The SMILES string of the molecule is Cn1ccc(CNCCn2ccnn2)n1. The van der Waals surface area contributed by atoms with E-state index in [0.29, 0.717) is 0 Å². The third-order valence-corrected chi connectivity index (χ3v) is 2.06. The largest absolute Gasteiger partial charge is 0.309 e. The topological polar surface area (TPSA) is 60.6 Å². The molecule has 0 saturated heterocycles. The van der Waals surface area contributed by atoms with E-state index in [1.54, 1.807) is 15.6 Å². The third kappa shape index (κ3) is 2.88. The molecule has 0 aliphatic heterocycles. The Morgan fingerprint density at radius 1 is 1.40 bits per heavy atom. The zero-order chi connectivity index (χ0) is 10.5. The summed E-state index contributed by atoms with van der Waals surface area (Å²) in [7, 11) is 1.92. The molecule has 0 radical (unpaired) electrons. The van der Waals surface area contributed by atoms with Gasteiger partial charge in [0.15, 0.2) is 0 Å². The number of nitrogens with one attached hydrogen (secondary N) is 1. The van der Waals surface area contributed by atoms with Crippen LogP contribution < -0.4 is 5.32 Å². The fourth-order valence-corrected chi connectivity index (χ4v) is 1.32. The Morgan fingerprint density at radius 2 is 2.33 bits per heavy atom. The molecule has 15 heavy (non-hydrogen) atoms. The summed E-state index contributed by atoms with van der Waals surface area (Å²) in [6.45, 7) is 2.47. The summed E-state index contributed by atoms with van der Waals surface area (Å²) in [4.78, 5) is 0. The molecular weight excluding hydrogens is 192 g/mol. The highest BCUT2D eigenvalue weighted by atomic mass is 15.4. The summed E-state index contributed by atoms with van der Waals surface area (Å²) in [5, 5.41) is 15.2. The third-order valence-electron chi connectivity index (χ3n) is 2.06. The first-order valence-corrected chi connectivity index (χ1v) is 4.88. The quantitative estimate of drug-likeness (QED) is 0.688. The molecule has 0 unspecified atom stereocenters. The highest BCUT2D eigenvalue weighted by Crippen LogP contribution is 1.92. The van der Waals surface area contributed by atoms with Crippen molar-refractivity contribution in [1.29, 1.82) is 0 Å². The molecule has 0 amide bonds. The van der Waals surface area contributed by atoms with Crippen LogP contribution in [0.1, 0.15) is 5.69 Å². The van der Waals surface area contributed by atoms with E-state index in [4.69, 9.17) is 0 Å². The lowest BCUT2D eigenvalue weighted by Crippen LogP contribution is -2.20. The second-order valence-corrected chi connectivity index (χ2v) is 3.32. The van der Waals surface area contributed by atoms with Gasteiger partial charge >= 0.3 is 0 Å². The summed E-state index contributed by atoms with van der Waals surface area (Å²) in [6, 6.07) is 2.00. The van der Waals surface area contributed by atoms with Crippen LogP contribution in [0, 0.1) is 0 Å². The van der Waals surface area contributed by atoms with Crippen LogP contribution >= 0.6 is 0 Å². The first-order chi connectivity index (χ1) is 7.34. The molecule has 0 saturated carbocycles. The normalized spacial score (nSPS) is 10.7. The number of rotatable bonds is 5. The number of hydrogen-bond donors (Lipinski definition) is 1. The van der Waals surface area contributed by atoms with Gasteiger partial charge in [0.2, 0.25) is 0 Å². The van der Waals surface area contributed by atoms with E-state index in [2.05, 4.69) is 20.7 Å². The predicted octanol–water partition coefficient (Wildman–Crippen LogP) is -0.199. The molecular formula is C9H14N6. The average Bonchev–Trinajstić information content (AvgIpc) is 2.84. The van der Waals surface area contributed by atoms with Crippen molar-refractivity contribution in [3.05, 3.63) is 30.4 Å². The maximum atomic E-state index is 4.26. The maximum absolute atomic E-state index is 4.26. The zero-order valence-electron chi connectivity index (χ0n) is 8.67. The molecule has 0 aliphatic carbocycles. The van der Waals surface area contributed by atoms with Crippen LogP contribution in [0.15, 0.2) is 24.7 Å². The Bertz CT molecular complexity index is 390. The molecule has 2 aromatic rings. The fraction of sp³-hybridized carbons (Fsp3) is 0.444. The molecule has 2 rings (SSSR count). The van der Waals surface area contributed by atoms with Crippen LogP contribution in [0.5, 0.6) is 0 Å². The van der Waals surface area contributed by atoms with E-state index < -0.39 is 0 Å². The summed E-state index contributed by atoms with van der Waals surface area (Å²) < 4.78 is 3.60. The van der Waals surface area contributed by atoms with Crippen molar-refractivity contribution in [2.24, 2.45) is 7.05 Å². The summed E-state index contributed by atoms with van der Waals surface area (Å²) >= 11 is 0. The smallest absolute Gasteiger partial charge is 0.0762 e. The van der Waals surface area contributed by atoms with Crippen LogP contribution in [0.3, 0.4) is 0 Å². The van der Waals surface area contributed by atoms with E-state index in [1.807, 2.05) is 25.5 Å². The Kier molecular flexibility index (Phi) is 3.08. The van der Waals surface area contributed by atoms with Gasteiger partial charge in [0.25, 0.3) is 0 Å². The number of aryl methyl sites for hydroxylation is 1. The Balaban J connectivity index is 1.67. The lowest BCUT2D eigenvalue weighted by Gasteiger charge is -2.01. The van der Waals surface area contributed by atoms with Gasteiger partial charge in [-0.3, -0.25) is 9.36 Å². The van der Waals surface area contributed by atoms with E-state index in [-0.39, 0.29) is 0 Å². The van der Waals surface area contributed by atoms with Crippen LogP contribution in [0.25, 0.3) is 0 Å². The van der Waals surface area contributed by atoms with Crippen LogP contribution in [-0.2, 0) is 20.1 Å². The van der Waals surface area contributed by atoms with Gasteiger partial charge in [-0.05, 0) is 6.07 Å². The fourth-order valence-electron chi connectivity index (χ4n) is 1.32. The summed E-state index contributed by atoms with van der Waals surface area (Å²) in [6.07, 6.45) is 5.47. The van der Waals surface area contributed by atoms with E-state index >= 15 is 0 Å². The van der Waals surface area contributed by atoms with Gasteiger partial charge in [-0.2, -0.15) is 5.10 Å². The molecule has 2 aromatic heterocycles. The molecule has 2 heterocycles. The van der Waals surface area contributed by atoms with Crippen molar-refractivity contribution in [1.82, 2.24) is 30.1 Å². The molecule has 0 aromatic carbocycles. The minimum Gasteiger partial charge on any atom is -0.309 e. The highest BCUT2D eigenvalue weighted by Gasteiger charge is 1.96. The van der Waals surface area contributed by atoms with Crippen LogP contribution in [0.4, 0.5) is 0 Å². The molecule has 6 nitrogen and oxygen atoms in total. The van der Waals surface area contributed by atoms with E-state index in [9.17, 15) is 0 Å². The van der Waals surface area contributed by atoms with Gasteiger partial charge < -0.3 is 5.32 Å². The highest BCUT2D eigenvalue weighted by molar-refractivity contribution is 4.97. The summed E-state index contributed by atoms with van der Waals surface area (Å²) in [5.41, 5.74) is 1.05. The standard InChI is InChI=1S/C9H14N6/c1-14-5-2-9(12-14)8-10-3-6-15-7-4-11-13-15/h2,4-5,7,10H,3,6,8H2,1H3. The van der Waals surface area contributed by atoms with Gasteiger partial charge in [0.05, 0.1) is 18.4 Å². The Hall–Kier alpha value is -1.69. The molecule has 0 bridgehead atoms. The van der Waals surface area contributed by atoms with Crippen molar-refractivity contribution in [3.63, 3.8) is 0 Å². The lowest BCUT2D eigenvalue weighted by atomic mass is 10.4. The molecule has 80 valence electrons. The Labute approximate surface area is 87.9 Å². The Morgan fingerprint density at radius 3 is 3.00 bits per heavy atom. The van der Waals surface area contributed by atoms with Gasteiger partial charge in [0.1, 0.15) is 0 Å². The minimum absolute atomic E-state index is 0.787. The van der Waals surface area contributed by atoms with Crippen molar-refractivity contribution >= 4 is 0 Å². The molecule has 0 fully saturated rings.